The van der Waals surface area contributed by atoms with Gasteiger partial charge in [-0.25, -0.2) is 5.90 Å². The maximum absolute atomic E-state index is 5.56. The van der Waals surface area contributed by atoms with Crippen molar-refractivity contribution >= 4 is 15.9 Å². The monoisotopic (exact) mass is 285 g/mol. The van der Waals surface area contributed by atoms with E-state index in [9.17, 15) is 0 Å². The minimum absolute atomic E-state index is 0.512. The summed E-state index contributed by atoms with van der Waals surface area (Å²) < 4.78 is 6.49. The SMILES string of the molecule is C=C(C)COc1ccc(CCON)cc1Br. The second-order valence-corrected chi connectivity index (χ2v) is 4.49. The fraction of sp³-hybridized carbons (Fsp3) is 0.333. The van der Waals surface area contributed by atoms with Crippen LogP contribution in [-0.2, 0) is 11.3 Å². The summed E-state index contributed by atoms with van der Waals surface area (Å²) in [7, 11) is 0. The lowest BCUT2D eigenvalue weighted by Gasteiger charge is -2.09. The van der Waals surface area contributed by atoms with Gasteiger partial charge >= 0.3 is 0 Å². The summed E-state index contributed by atoms with van der Waals surface area (Å²) in [5.74, 6) is 5.80. The van der Waals surface area contributed by atoms with Crippen molar-refractivity contribution in [2.45, 2.75) is 13.3 Å². The van der Waals surface area contributed by atoms with E-state index in [1.165, 1.54) is 0 Å². The van der Waals surface area contributed by atoms with Crippen LogP contribution in [-0.4, -0.2) is 13.2 Å². The summed E-state index contributed by atoms with van der Waals surface area (Å²) in [6.45, 7) is 6.76. The van der Waals surface area contributed by atoms with Gasteiger partial charge in [-0.05, 0) is 52.5 Å². The average Bonchev–Trinajstić information content (AvgIpc) is 2.24. The van der Waals surface area contributed by atoms with Crippen LogP contribution in [0.4, 0.5) is 0 Å². The highest BCUT2D eigenvalue weighted by atomic mass is 79.9. The number of hydrogen-bond donors (Lipinski definition) is 1. The van der Waals surface area contributed by atoms with Crippen molar-refractivity contribution in [2.24, 2.45) is 5.90 Å². The maximum atomic E-state index is 5.56. The quantitative estimate of drug-likeness (QED) is 0.646. The number of rotatable bonds is 6. The fourth-order valence-electron chi connectivity index (χ4n) is 1.19. The van der Waals surface area contributed by atoms with Crippen LogP contribution >= 0.6 is 15.9 Å². The molecular formula is C12H16BrNO2. The van der Waals surface area contributed by atoms with Crippen molar-refractivity contribution in [2.75, 3.05) is 13.2 Å². The van der Waals surface area contributed by atoms with Gasteiger partial charge in [-0.15, -0.1) is 0 Å². The predicted octanol–water partition coefficient (Wildman–Crippen LogP) is 2.84. The standard InChI is InChI=1S/C12H16BrNO2/c1-9(2)8-15-12-4-3-10(5-6-16-14)7-11(12)13/h3-4,7H,1,5-6,8,14H2,2H3. The maximum Gasteiger partial charge on any atom is 0.133 e. The minimum atomic E-state index is 0.512. The van der Waals surface area contributed by atoms with E-state index < -0.39 is 0 Å². The molecule has 0 heterocycles. The van der Waals surface area contributed by atoms with Crippen molar-refractivity contribution in [3.05, 3.63) is 40.4 Å². The molecule has 1 aromatic carbocycles. The van der Waals surface area contributed by atoms with E-state index in [1.54, 1.807) is 0 Å². The largest absolute Gasteiger partial charge is 0.488 e. The Bertz CT molecular complexity index is 366. The van der Waals surface area contributed by atoms with E-state index in [2.05, 4.69) is 27.3 Å². The molecule has 88 valence electrons. The van der Waals surface area contributed by atoms with Crippen LogP contribution in [0.5, 0.6) is 5.75 Å². The zero-order chi connectivity index (χ0) is 12.0. The molecule has 0 aromatic heterocycles. The van der Waals surface area contributed by atoms with Crippen LogP contribution in [0.2, 0.25) is 0 Å². The van der Waals surface area contributed by atoms with Gasteiger partial charge in [0.1, 0.15) is 12.4 Å². The second-order valence-electron chi connectivity index (χ2n) is 3.63. The molecule has 4 heteroatoms. The summed E-state index contributed by atoms with van der Waals surface area (Å²) in [5, 5.41) is 0. The first-order valence-corrected chi connectivity index (χ1v) is 5.80. The molecule has 0 bridgehead atoms. The Hall–Kier alpha value is -0.840. The molecule has 1 aromatic rings. The van der Waals surface area contributed by atoms with Gasteiger partial charge in [-0.1, -0.05) is 12.6 Å². The molecule has 0 radical (unpaired) electrons. The van der Waals surface area contributed by atoms with E-state index in [4.69, 9.17) is 10.6 Å². The summed E-state index contributed by atoms with van der Waals surface area (Å²) in [6, 6.07) is 5.93. The molecule has 0 aliphatic heterocycles. The lowest BCUT2D eigenvalue weighted by Crippen LogP contribution is -2.04. The van der Waals surface area contributed by atoms with Gasteiger partial charge in [-0.2, -0.15) is 0 Å². The van der Waals surface area contributed by atoms with Gasteiger partial charge in [0.2, 0.25) is 0 Å². The van der Waals surface area contributed by atoms with Gasteiger partial charge in [0.05, 0.1) is 11.1 Å². The van der Waals surface area contributed by atoms with Crippen molar-refractivity contribution in [1.29, 1.82) is 0 Å². The number of nitrogens with two attached hydrogens (primary N) is 1. The molecule has 0 amide bonds. The van der Waals surface area contributed by atoms with Gasteiger partial charge < -0.3 is 9.57 Å². The van der Waals surface area contributed by atoms with Crippen LogP contribution < -0.4 is 10.6 Å². The molecule has 0 atom stereocenters. The van der Waals surface area contributed by atoms with Crippen molar-refractivity contribution < 1.29 is 9.57 Å². The normalized spacial score (nSPS) is 10.2. The number of halogens is 1. The topological polar surface area (TPSA) is 44.5 Å². The lowest BCUT2D eigenvalue weighted by molar-refractivity contribution is 0.141. The van der Waals surface area contributed by atoms with E-state index in [1.807, 2.05) is 25.1 Å². The van der Waals surface area contributed by atoms with Crippen molar-refractivity contribution in [3.63, 3.8) is 0 Å². The average molecular weight is 286 g/mol. The Morgan fingerprint density at radius 3 is 2.81 bits per heavy atom. The smallest absolute Gasteiger partial charge is 0.133 e. The molecule has 0 fully saturated rings. The molecule has 0 saturated heterocycles. The van der Waals surface area contributed by atoms with Gasteiger partial charge in [0, 0.05) is 0 Å². The molecule has 2 N–H and O–H groups in total. The zero-order valence-electron chi connectivity index (χ0n) is 9.33. The Morgan fingerprint density at radius 2 is 2.25 bits per heavy atom. The van der Waals surface area contributed by atoms with Gasteiger partial charge in [0.15, 0.2) is 0 Å². The third-order valence-corrected chi connectivity index (χ3v) is 2.60. The third-order valence-electron chi connectivity index (χ3n) is 1.98. The fourth-order valence-corrected chi connectivity index (χ4v) is 1.74. The molecule has 3 nitrogen and oxygen atoms in total. The Labute approximate surface area is 104 Å². The van der Waals surface area contributed by atoms with E-state index >= 15 is 0 Å². The first-order chi connectivity index (χ1) is 7.63. The van der Waals surface area contributed by atoms with Crippen LogP contribution in [0, 0.1) is 0 Å². The molecule has 0 saturated carbocycles. The highest BCUT2D eigenvalue weighted by Gasteiger charge is 2.02. The molecule has 0 aliphatic rings. The molecule has 16 heavy (non-hydrogen) atoms. The highest BCUT2D eigenvalue weighted by molar-refractivity contribution is 9.10. The molecular weight excluding hydrogens is 270 g/mol. The lowest BCUT2D eigenvalue weighted by atomic mass is 10.1. The number of hydrogen-bond acceptors (Lipinski definition) is 3. The summed E-state index contributed by atoms with van der Waals surface area (Å²) in [6.07, 6.45) is 0.788. The Kier molecular flexibility index (Phi) is 5.52. The van der Waals surface area contributed by atoms with Crippen LogP contribution in [0.3, 0.4) is 0 Å². The first kappa shape index (κ1) is 13.2. The molecule has 0 spiro atoms. The van der Waals surface area contributed by atoms with Crippen molar-refractivity contribution in [1.82, 2.24) is 0 Å². The van der Waals surface area contributed by atoms with Crippen molar-refractivity contribution in [3.8, 4) is 5.75 Å². The van der Waals surface area contributed by atoms with Crippen LogP contribution in [0.15, 0.2) is 34.8 Å². The predicted molar refractivity (Wildman–Crippen MR) is 68.3 cm³/mol. The summed E-state index contributed by atoms with van der Waals surface area (Å²) in [5.41, 5.74) is 2.15. The molecule has 0 aliphatic carbocycles. The van der Waals surface area contributed by atoms with E-state index in [0.29, 0.717) is 13.2 Å². The van der Waals surface area contributed by atoms with Gasteiger partial charge in [0.25, 0.3) is 0 Å². The molecule has 1 rings (SSSR count). The molecule has 0 unspecified atom stereocenters. The van der Waals surface area contributed by atoms with E-state index in [0.717, 1.165) is 27.8 Å². The second kappa shape index (κ2) is 6.68. The number of benzene rings is 1. The summed E-state index contributed by atoms with van der Waals surface area (Å²) >= 11 is 3.46. The highest BCUT2D eigenvalue weighted by Crippen LogP contribution is 2.26. The Morgan fingerprint density at radius 1 is 1.50 bits per heavy atom. The zero-order valence-corrected chi connectivity index (χ0v) is 10.9. The van der Waals surface area contributed by atoms with Crippen LogP contribution in [0.1, 0.15) is 12.5 Å². The first-order valence-electron chi connectivity index (χ1n) is 5.00. The van der Waals surface area contributed by atoms with E-state index in [-0.39, 0.29) is 0 Å². The number of ether oxygens (including phenoxy) is 1. The van der Waals surface area contributed by atoms with Gasteiger partial charge in [-0.3, -0.25) is 0 Å². The Balaban J connectivity index is 2.63. The van der Waals surface area contributed by atoms with Crippen LogP contribution in [0.25, 0.3) is 0 Å². The summed E-state index contributed by atoms with van der Waals surface area (Å²) in [4.78, 5) is 4.54. The minimum Gasteiger partial charge on any atom is -0.488 e. The third kappa shape index (κ3) is 4.35.